The molecule has 2 rings (SSSR count). The van der Waals surface area contributed by atoms with Crippen LogP contribution in [0, 0.1) is 5.41 Å². The standard InChI is InChI=1S/C13H22F3NO2/c1-2-19-11-7-9(12(11)5-3-4-6-12)17-8-10(18)13(14,15)16/h9-11,17-18H,2-8H2,1H3. The van der Waals surface area contributed by atoms with Gasteiger partial charge in [0, 0.05) is 24.6 Å². The number of hydrogen-bond acceptors (Lipinski definition) is 3. The molecule has 2 N–H and O–H groups in total. The molecule has 0 aliphatic heterocycles. The second-order valence-electron chi connectivity index (χ2n) is 5.64. The predicted molar refractivity (Wildman–Crippen MR) is 64.8 cm³/mol. The lowest BCUT2D eigenvalue weighted by Crippen LogP contribution is -2.64. The van der Waals surface area contributed by atoms with Gasteiger partial charge in [-0.25, -0.2) is 0 Å². The molecule has 0 bridgehead atoms. The molecule has 112 valence electrons. The Kier molecular flexibility index (Phi) is 4.42. The summed E-state index contributed by atoms with van der Waals surface area (Å²) in [7, 11) is 0. The van der Waals surface area contributed by atoms with Gasteiger partial charge in [0.15, 0.2) is 6.10 Å². The summed E-state index contributed by atoms with van der Waals surface area (Å²) in [5.41, 5.74) is 0.00132. The summed E-state index contributed by atoms with van der Waals surface area (Å²) in [6, 6.07) is 0.0450. The van der Waals surface area contributed by atoms with Crippen LogP contribution in [0.3, 0.4) is 0 Å². The SMILES string of the molecule is CCOC1CC(NCC(O)C(F)(F)F)C12CCCC2. The van der Waals surface area contributed by atoms with Gasteiger partial charge < -0.3 is 15.2 Å². The molecule has 1 spiro atoms. The van der Waals surface area contributed by atoms with Gasteiger partial charge in [-0.3, -0.25) is 0 Å². The molecule has 0 saturated heterocycles. The van der Waals surface area contributed by atoms with Crippen LogP contribution in [-0.2, 0) is 4.74 Å². The summed E-state index contributed by atoms with van der Waals surface area (Å²) >= 11 is 0. The third-order valence-electron chi connectivity index (χ3n) is 4.62. The average Bonchev–Trinajstić information content (AvgIpc) is 2.83. The van der Waals surface area contributed by atoms with Crippen molar-refractivity contribution in [1.29, 1.82) is 0 Å². The highest BCUT2D eigenvalue weighted by Gasteiger charge is 2.56. The molecule has 3 unspecified atom stereocenters. The molecule has 0 aromatic heterocycles. The Balaban J connectivity index is 1.88. The van der Waals surface area contributed by atoms with Crippen molar-refractivity contribution in [2.75, 3.05) is 13.2 Å². The second-order valence-corrected chi connectivity index (χ2v) is 5.64. The number of aliphatic hydroxyl groups excluding tert-OH is 1. The number of ether oxygens (including phenoxy) is 1. The molecule has 0 aromatic rings. The number of hydrogen-bond donors (Lipinski definition) is 2. The van der Waals surface area contributed by atoms with Crippen molar-refractivity contribution < 1.29 is 23.0 Å². The number of aliphatic hydroxyl groups is 1. The van der Waals surface area contributed by atoms with Gasteiger partial charge in [0.1, 0.15) is 0 Å². The van der Waals surface area contributed by atoms with Crippen molar-refractivity contribution in [2.45, 2.75) is 63.5 Å². The third kappa shape index (κ3) is 2.90. The molecule has 2 aliphatic carbocycles. The Morgan fingerprint density at radius 1 is 1.37 bits per heavy atom. The van der Waals surface area contributed by atoms with Gasteiger partial charge in [-0.2, -0.15) is 13.2 Å². The molecule has 6 heteroatoms. The average molecular weight is 281 g/mol. The van der Waals surface area contributed by atoms with Crippen molar-refractivity contribution in [3.63, 3.8) is 0 Å². The van der Waals surface area contributed by atoms with E-state index in [1.54, 1.807) is 0 Å². The zero-order chi connectivity index (χ0) is 14.1. The highest BCUT2D eigenvalue weighted by molar-refractivity contribution is 5.10. The summed E-state index contributed by atoms with van der Waals surface area (Å²) in [5, 5.41) is 11.9. The van der Waals surface area contributed by atoms with Crippen LogP contribution in [0.15, 0.2) is 0 Å². The first-order chi connectivity index (χ1) is 8.90. The topological polar surface area (TPSA) is 41.5 Å². The largest absolute Gasteiger partial charge is 0.415 e. The van der Waals surface area contributed by atoms with E-state index >= 15 is 0 Å². The number of nitrogens with one attached hydrogen (secondary N) is 1. The monoisotopic (exact) mass is 281 g/mol. The van der Waals surface area contributed by atoms with Gasteiger partial charge in [0.05, 0.1) is 6.10 Å². The lowest BCUT2D eigenvalue weighted by molar-refractivity contribution is -0.205. The van der Waals surface area contributed by atoms with Gasteiger partial charge in [0.2, 0.25) is 0 Å². The van der Waals surface area contributed by atoms with E-state index in [1.165, 1.54) is 0 Å². The summed E-state index contributed by atoms with van der Waals surface area (Å²) in [5.74, 6) is 0. The molecule has 3 atom stereocenters. The van der Waals surface area contributed by atoms with E-state index < -0.39 is 18.8 Å². The molecule has 3 nitrogen and oxygen atoms in total. The van der Waals surface area contributed by atoms with Gasteiger partial charge in [0.25, 0.3) is 0 Å². The fraction of sp³-hybridized carbons (Fsp3) is 1.00. The Labute approximate surface area is 111 Å². The minimum Gasteiger partial charge on any atom is -0.382 e. The van der Waals surface area contributed by atoms with Gasteiger partial charge in [-0.15, -0.1) is 0 Å². The quantitative estimate of drug-likeness (QED) is 0.812. The van der Waals surface area contributed by atoms with E-state index in [-0.39, 0.29) is 17.6 Å². The molecule has 0 heterocycles. The van der Waals surface area contributed by atoms with Gasteiger partial charge in [-0.05, 0) is 26.2 Å². The number of halogens is 3. The molecular weight excluding hydrogens is 259 g/mol. The smallest absolute Gasteiger partial charge is 0.382 e. The van der Waals surface area contributed by atoms with Crippen LogP contribution in [0.25, 0.3) is 0 Å². The minimum absolute atomic E-state index is 0.00132. The predicted octanol–water partition coefficient (Wildman–Crippen LogP) is 2.24. The zero-order valence-electron chi connectivity index (χ0n) is 11.2. The molecule has 0 amide bonds. The van der Waals surface area contributed by atoms with Gasteiger partial charge in [-0.1, -0.05) is 12.8 Å². The summed E-state index contributed by atoms with van der Waals surface area (Å²) in [6.45, 7) is 2.16. The minimum atomic E-state index is -4.54. The first-order valence-corrected chi connectivity index (χ1v) is 7.00. The van der Waals surface area contributed by atoms with Crippen LogP contribution in [-0.4, -0.2) is 42.7 Å². The fourth-order valence-corrected chi connectivity index (χ4v) is 3.54. The van der Waals surface area contributed by atoms with Crippen LogP contribution < -0.4 is 5.32 Å². The highest BCUT2D eigenvalue weighted by atomic mass is 19.4. The normalized spacial score (nSPS) is 31.4. The van der Waals surface area contributed by atoms with Crippen molar-refractivity contribution in [3.05, 3.63) is 0 Å². The first-order valence-electron chi connectivity index (χ1n) is 7.00. The number of rotatable bonds is 5. The molecule has 0 radical (unpaired) electrons. The number of alkyl halides is 3. The third-order valence-corrected chi connectivity index (χ3v) is 4.62. The maximum absolute atomic E-state index is 12.3. The lowest BCUT2D eigenvalue weighted by Gasteiger charge is -2.54. The Bertz CT molecular complexity index is 303. The molecular formula is C13H22F3NO2. The van der Waals surface area contributed by atoms with E-state index in [0.717, 1.165) is 32.1 Å². The maximum atomic E-state index is 12.3. The molecule has 19 heavy (non-hydrogen) atoms. The molecule has 2 saturated carbocycles. The summed E-state index contributed by atoms with van der Waals surface area (Å²) in [6.07, 6.45) is -1.66. The van der Waals surface area contributed by atoms with E-state index in [9.17, 15) is 13.2 Å². The van der Waals surface area contributed by atoms with Crippen LogP contribution in [0.2, 0.25) is 0 Å². The van der Waals surface area contributed by atoms with E-state index in [2.05, 4.69) is 5.32 Å². The molecule has 0 aromatic carbocycles. The van der Waals surface area contributed by atoms with Crippen molar-refractivity contribution in [3.8, 4) is 0 Å². The zero-order valence-corrected chi connectivity index (χ0v) is 11.2. The molecule has 2 aliphatic rings. The van der Waals surface area contributed by atoms with Crippen molar-refractivity contribution >= 4 is 0 Å². The van der Waals surface area contributed by atoms with Crippen LogP contribution in [0.1, 0.15) is 39.0 Å². The van der Waals surface area contributed by atoms with E-state index in [1.807, 2.05) is 6.92 Å². The summed E-state index contributed by atoms with van der Waals surface area (Å²) in [4.78, 5) is 0. The maximum Gasteiger partial charge on any atom is 0.415 e. The summed E-state index contributed by atoms with van der Waals surface area (Å²) < 4.78 is 42.5. The van der Waals surface area contributed by atoms with Crippen LogP contribution >= 0.6 is 0 Å². The van der Waals surface area contributed by atoms with Crippen LogP contribution in [0.5, 0.6) is 0 Å². The first kappa shape index (κ1) is 15.1. The van der Waals surface area contributed by atoms with Crippen molar-refractivity contribution in [2.24, 2.45) is 5.41 Å². The second kappa shape index (κ2) is 5.58. The van der Waals surface area contributed by atoms with Crippen LogP contribution in [0.4, 0.5) is 13.2 Å². The van der Waals surface area contributed by atoms with Crippen molar-refractivity contribution in [1.82, 2.24) is 5.32 Å². The highest BCUT2D eigenvalue weighted by Crippen LogP contribution is 2.54. The van der Waals surface area contributed by atoms with Gasteiger partial charge >= 0.3 is 6.18 Å². The fourth-order valence-electron chi connectivity index (χ4n) is 3.54. The Hall–Kier alpha value is -0.330. The Morgan fingerprint density at radius 3 is 2.53 bits per heavy atom. The van der Waals surface area contributed by atoms with E-state index in [0.29, 0.717) is 6.61 Å². The molecule has 2 fully saturated rings. The van der Waals surface area contributed by atoms with E-state index in [4.69, 9.17) is 9.84 Å². The Morgan fingerprint density at radius 2 is 2.00 bits per heavy atom. The lowest BCUT2D eigenvalue weighted by atomic mass is 9.60.